The van der Waals surface area contributed by atoms with Crippen LogP contribution in [0.2, 0.25) is 0 Å². The van der Waals surface area contributed by atoms with E-state index in [0.717, 1.165) is 65.0 Å². The molecule has 0 aromatic heterocycles. The van der Waals surface area contributed by atoms with Crippen molar-refractivity contribution < 1.29 is 33.6 Å². The standard InChI is InChI=1S/C37H59NO7S/c1-22(39)43-32(34(4,5)40)27-8-6-25-28(44-27)18-26-24-7-9-29-33(2,3)30(10-12-36(29)21-35(24,36)13-14-37(25,26)46)45-31-19-38(15-17-42-31)23-11-16-41-20-23/h23-32,40,46H,6-21H2,1-5H3/t23-,24?,25?,26?,27?,28?,29?,30-,31?,32-,35-,36?,37-/m0/s1. The second-order valence-electron chi connectivity index (χ2n) is 17.9. The van der Waals surface area contributed by atoms with Gasteiger partial charge in [-0.05, 0) is 124 Å². The lowest BCUT2D eigenvalue weighted by atomic mass is 9.48. The molecule has 0 radical (unpaired) electrons. The zero-order chi connectivity index (χ0) is 32.3. The van der Waals surface area contributed by atoms with Gasteiger partial charge in [0.1, 0.15) is 0 Å². The Kier molecular flexibility index (Phi) is 8.05. The molecule has 46 heavy (non-hydrogen) atoms. The van der Waals surface area contributed by atoms with Gasteiger partial charge in [0, 0.05) is 37.4 Å². The summed E-state index contributed by atoms with van der Waals surface area (Å²) in [7, 11) is 0. The summed E-state index contributed by atoms with van der Waals surface area (Å²) in [6, 6.07) is 0.511. The van der Waals surface area contributed by atoms with E-state index < -0.39 is 11.7 Å². The van der Waals surface area contributed by atoms with Gasteiger partial charge in [-0.1, -0.05) is 13.8 Å². The van der Waals surface area contributed by atoms with E-state index in [2.05, 4.69) is 18.7 Å². The lowest BCUT2D eigenvalue weighted by molar-refractivity contribution is -0.246. The van der Waals surface area contributed by atoms with Gasteiger partial charge < -0.3 is 28.8 Å². The minimum Gasteiger partial charge on any atom is -0.457 e. The average Bonchev–Trinajstić information content (AvgIpc) is 3.26. The van der Waals surface area contributed by atoms with Crippen LogP contribution in [-0.2, 0) is 28.5 Å². The average molecular weight is 662 g/mol. The molecule has 8 rings (SSSR count). The number of carbonyl (C=O) groups excluding carboxylic acids is 1. The summed E-state index contributed by atoms with van der Waals surface area (Å²) < 4.78 is 31.3. The molecule has 3 aliphatic heterocycles. The summed E-state index contributed by atoms with van der Waals surface area (Å²) in [5, 5.41) is 10.9. The molecule has 0 aromatic rings. The number of fused-ring (bicyclic) bond motifs is 4. The van der Waals surface area contributed by atoms with Gasteiger partial charge >= 0.3 is 5.97 Å². The molecular formula is C37H59NO7S. The van der Waals surface area contributed by atoms with Crippen LogP contribution in [0.1, 0.15) is 105 Å². The predicted molar refractivity (Wildman–Crippen MR) is 176 cm³/mol. The third kappa shape index (κ3) is 4.93. The number of aliphatic hydroxyl groups is 1. The van der Waals surface area contributed by atoms with Crippen LogP contribution in [0.3, 0.4) is 0 Å². The fourth-order valence-electron chi connectivity index (χ4n) is 13.2. The zero-order valence-corrected chi connectivity index (χ0v) is 29.8. The van der Waals surface area contributed by atoms with Crippen LogP contribution < -0.4 is 0 Å². The van der Waals surface area contributed by atoms with Crippen LogP contribution in [0.4, 0.5) is 0 Å². The van der Waals surface area contributed by atoms with E-state index >= 15 is 0 Å². The number of rotatable bonds is 6. The molecule has 9 heteroatoms. The maximum atomic E-state index is 11.9. The second-order valence-corrected chi connectivity index (χ2v) is 18.8. The highest BCUT2D eigenvalue weighted by atomic mass is 32.1. The summed E-state index contributed by atoms with van der Waals surface area (Å²) >= 11 is 5.61. The Morgan fingerprint density at radius 1 is 1.00 bits per heavy atom. The van der Waals surface area contributed by atoms with Crippen molar-refractivity contribution in [2.75, 3.05) is 32.9 Å². The smallest absolute Gasteiger partial charge is 0.303 e. The van der Waals surface area contributed by atoms with Crippen molar-refractivity contribution in [1.29, 1.82) is 0 Å². The molecule has 8 unspecified atom stereocenters. The third-order valence-corrected chi connectivity index (χ3v) is 16.0. The van der Waals surface area contributed by atoms with E-state index in [1.165, 1.54) is 45.4 Å². The number of esters is 1. The van der Waals surface area contributed by atoms with Gasteiger partial charge in [-0.3, -0.25) is 9.69 Å². The molecule has 3 heterocycles. The van der Waals surface area contributed by atoms with E-state index in [0.29, 0.717) is 40.5 Å². The van der Waals surface area contributed by atoms with Gasteiger partial charge in [0.15, 0.2) is 12.4 Å². The number of ether oxygens (including phenoxy) is 5. The quantitative estimate of drug-likeness (QED) is 0.290. The SMILES string of the molecule is CC(=O)O[C@@H](C1CCC2C(CC3C4CCC5C(C)(C)[C@@H](OC6CN([C@H]7CCOC7)CCO6)CCC56C[C@@]46CC[C@]23S)O1)C(C)(C)O. The maximum Gasteiger partial charge on any atom is 0.303 e. The number of hydrogen-bond acceptors (Lipinski definition) is 9. The first-order valence-corrected chi connectivity index (χ1v) is 19.1. The molecule has 8 aliphatic rings. The zero-order valence-electron chi connectivity index (χ0n) is 28.9. The van der Waals surface area contributed by atoms with Gasteiger partial charge in [0.2, 0.25) is 0 Å². The Hall–Kier alpha value is -0.420. The highest BCUT2D eigenvalue weighted by Gasteiger charge is 2.81. The molecule has 8 nitrogen and oxygen atoms in total. The summed E-state index contributed by atoms with van der Waals surface area (Å²) in [6.45, 7) is 14.2. The first-order valence-electron chi connectivity index (χ1n) is 18.6. The Balaban J connectivity index is 0.961. The van der Waals surface area contributed by atoms with E-state index in [-0.39, 0.29) is 40.7 Å². The van der Waals surface area contributed by atoms with Crippen molar-refractivity contribution in [3.8, 4) is 0 Å². The molecule has 0 aromatic carbocycles. The van der Waals surface area contributed by atoms with E-state index in [9.17, 15) is 9.90 Å². The van der Waals surface area contributed by atoms with Gasteiger partial charge in [0.05, 0.1) is 37.1 Å². The fraction of sp³-hybridized carbons (Fsp3) is 0.973. The van der Waals surface area contributed by atoms with Crippen molar-refractivity contribution in [3.05, 3.63) is 0 Å². The number of morpholine rings is 1. The first-order chi connectivity index (χ1) is 21.8. The Morgan fingerprint density at radius 2 is 1.80 bits per heavy atom. The molecule has 1 N–H and O–H groups in total. The Bertz CT molecular complexity index is 1190. The molecular weight excluding hydrogens is 602 g/mol. The Morgan fingerprint density at radius 3 is 2.54 bits per heavy atom. The molecule has 0 bridgehead atoms. The maximum absolute atomic E-state index is 11.9. The van der Waals surface area contributed by atoms with Gasteiger partial charge in [0.25, 0.3) is 0 Å². The molecule has 5 aliphatic carbocycles. The molecule has 13 atom stereocenters. The van der Waals surface area contributed by atoms with Crippen LogP contribution in [0.5, 0.6) is 0 Å². The predicted octanol–water partition coefficient (Wildman–Crippen LogP) is 5.39. The molecule has 5 saturated carbocycles. The van der Waals surface area contributed by atoms with Crippen molar-refractivity contribution >= 4 is 18.6 Å². The van der Waals surface area contributed by atoms with Gasteiger partial charge in [-0.15, -0.1) is 0 Å². The fourth-order valence-corrected chi connectivity index (χ4v) is 13.9. The van der Waals surface area contributed by atoms with Crippen molar-refractivity contribution in [2.24, 2.45) is 39.9 Å². The number of carbonyl (C=O) groups is 1. The van der Waals surface area contributed by atoms with Crippen LogP contribution in [0.25, 0.3) is 0 Å². The summed E-state index contributed by atoms with van der Waals surface area (Å²) in [5.41, 5.74) is -0.157. The van der Waals surface area contributed by atoms with E-state index in [4.69, 9.17) is 36.3 Å². The van der Waals surface area contributed by atoms with Crippen LogP contribution in [0.15, 0.2) is 0 Å². The monoisotopic (exact) mass is 661 g/mol. The van der Waals surface area contributed by atoms with E-state index in [1.807, 2.05) is 0 Å². The number of hydrogen-bond donors (Lipinski definition) is 2. The summed E-state index contributed by atoms with van der Waals surface area (Å²) in [4.78, 5) is 14.5. The molecule has 0 amide bonds. The van der Waals surface area contributed by atoms with Crippen molar-refractivity contribution in [1.82, 2.24) is 4.90 Å². The van der Waals surface area contributed by atoms with E-state index in [1.54, 1.807) is 13.8 Å². The minimum absolute atomic E-state index is 0.0121. The lowest BCUT2D eigenvalue weighted by Crippen LogP contribution is -2.57. The van der Waals surface area contributed by atoms with Crippen LogP contribution in [-0.4, -0.2) is 96.0 Å². The third-order valence-electron chi connectivity index (χ3n) is 15.1. The van der Waals surface area contributed by atoms with Gasteiger partial charge in [-0.2, -0.15) is 12.6 Å². The number of thiol groups is 1. The first kappa shape index (κ1) is 32.8. The molecule has 2 spiro atoms. The van der Waals surface area contributed by atoms with Crippen molar-refractivity contribution in [3.63, 3.8) is 0 Å². The minimum atomic E-state index is -1.15. The molecule has 8 fully saturated rings. The molecule has 3 saturated heterocycles. The van der Waals surface area contributed by atoms with Crippen molar-refractivity contribution in [2.45, 2.75) is 152 Å². The topological polar surface area (TPSA) is 86.7 Å². The molecule has 260 valence electrons. The summed E-state index contributed by atoms with van der Waals surface area (Å²) in [6.07, 6.45) is 12.1. The lowest BCUT2D eigenvalue weighted by Gasteiger charge is -2.59. The Labute approximate surface area is 281 Å². The van der Waals surface area contributed by atoms with Gasteiger partial charge in [-0.25, -0.2) is 0 Å². The highest BCUT2D eigenvalue weighted by molar-refractivity contribution is 7.81. The second kappa shape index (κ2) is 11.3. The highest BCUT2D eigenvalue weighted by Crippen LogP contribution is 2.86. The normalized spacial score (nSPS) is 50.4. The van der Waals surface area contributed by atoms with Crippen LogP contribution >= 0.6 is 12.6 Å². The van der Waals surface area contributed by atoms with Crippen LogP contribution in [0, 0.1) is 39.9 Å². The largest absolute Gasteiger partial charge is 0.457 e. The number of nitrogens with zero attached hydrogens (tertiary/aromatic N) is 1. The summed E-state index contributed by atoms with van der Waals surface area (Å²) in [5.74, 6) is 2.01.